The molecule has 0 fully saturated rings. The van der Waals surface area contributed by atoms with E-state index in [0.29, 0.717) is 12.1 Å². The van der Waals surface area contributed by atoms with Crippen molar-refractivity contribution in [2.45, 2.75) is 6.10 Å². The number of aliphatic hydroxyl groups is 1. The normalized spacial score (nSPS) is 19.5. The Kier molecular flexibility index (Phi) is 2.16. The Bertz CT molecular complexity index is 606. The van der Waals surface area contributed by atoms with Crippen molar-refractivity contribution in [2.24, 2.45) is 0 Å². The molecule has 2 aromatic rings. The molecule has 0 bridgehead atoms. The fourth-order valence-corrected chi connectivity index (χ4v) is 2.48. The average molecular weight is 227 g/mol. The first-order chi connectivity index (χ1) is 8.18. The van der Waals surface area contributed by atoms with Crippen LogP contribution in [0.4, 0.5) is 0 Å². The first-order valence-electron chi connectivity index (χ1n) is 5.63. The van der Waals surface area contributed by atoms with E-state index < -0.39 is 6.10 Å². The monoisotopic (exact) mass is 227 g/mol. The van der Waals surface area contributed by atoms with Gasteiger partial charge in [-0.3, -0.25) is 4.79 Å². The molecule has 2 aromatic carbocycles. The highest BCUT2D eigenvalue weighted by Crippen LogP contribution is 2.32. The Balaban J connectivity index is 2.36. The van der Waals surface area contributed by atoms with Gasteiger partial charge in [0.15, 0.2) is 0 Å². The molecule has 86 valence electrons. The van der Waals surface area contributed by atoms with Gasteiger partial charge in [0.05, 0.1) is 12.6 Å². The van der Waals surface area contributed by atoms with Crippen molar-refractivity contribution in [1.82, 2.24) is 4.90 Å². The number of rotatable bonds is 0. The molecule has 1 aliphatic heterocycles. The summed E-state index contributed by atoms with van der Waals surface area (Å²) < 4.78 is 0. The van der Waals surface area contributed by atoms with E-state index in [1.165, 1.54) is 0 Å². The molecule has 1 unspecified atom stereocenters. The number of hydrogen-bond acceptors (Lipinski definition) is 2. The molecule has 0 spiro atoms. The number of fused-ring (bicyclic) bond motifs is 3. The van der Waals surface area contributed by atoms with E-state index in [4.69, 9.17) is 0 Å². The summed E-state index contributed by atoms with van der Waals surface area (Å²) in [4.78, 5) is 13.6. The highest BCUT2D eigenvalue weighted by atomic mass is 16.3. The first kappa shape index (κ1) is 10.3. The molecule has 1 aliphatic rings. The van der Waals surface area contributed by atoms with Crippen molar-refractivity contribution in [1.29, 1.82) is 0 Å². The van der Waals surface area contributed by atoms with Crippen LogP contribution in [0.3, 0.4) is 0 Å². The van der Waals surface area contributed by atoms with Crippen LogP contribution in [0.25, 0.3) is 10.8 Å². The molecular weight excluding hydrogens is 214 g/mol. The smallest absolute Gasteiger partial charge is 0.254 e. The van der Waals surface area contributed by atoms with Crippen molar-refractivity contribution < 1.29 is 9.90 Å². The van der Waals surface area contributed by atoms with Gasteiger partial charge in [-0.1, -0.05) is 30.3 Å². The van der Waals surface area contributed by atoms with E-state index in [1.54, 1.807) is 18.0 Å². The summed E-state index contributed by atoms with van der Waals surface area (Å²) >= 11 is 0. The van der Waals surface area contributed by atoms with Crippen molar-refractivity contribution in [3.63, 3.8) is 0 Å². The van der Waals surface area contributed by atoms with Gasteiger partial charge in [-0.15, -0.1) is 0 Å². The fourth-order valence-electron chi connectivity index (χ4n) is 2.48. The van der Waals surface area contributed by atoms with Gasteiger partial charge in [0.1, 0.15) is 0 Å². The highest BCUT2D eigenvalue weighted by Gasteiger charge is 2.29. The number of nitrogens with zero attached hydrogens (tertiary/aromatic N) is 1. The lowest BCUT2D eigenvalue weighted by Crippen LogP contribution is -2.36. The van der Waals surface area contributed by atoms with E-state index in [1.807, 2.05) is 30.3 Å². The molecule has 0 aromatic heterocycles. The van der Waals surface area contributed by atoms with Gasteiger partial charge >= 0.3 is 0 Å². The van der Waals surface area contributed by atoms with Crippen LogP contribution in [0.2, 0.25) is 0 Å². The van der Waals surface area contributed by atoms with Crippen LogP contribution >= 0.6 is 0 Å². The Labute approximate surface area is 99.3 Å². The summed E-state index contributed by atoms with van der Waals surface area (Å²) in [6.07, 6.45) is -0.598. The predicted octanol–water partition coefficient (Wildman–Crippen LogP) is 1.96. The van der Waals surface area contributed by atoms with Crippen LogP contribution in [0.15, 0.2) is 36.4 Å². The first-order valence-corrected chi connectivity index (χ1v) is 5.63. The zero-order valence-electron chi connectivity index (χ0n) is 9.55. The highest BCUT2D eigenvalue weighted by molar-refractivity contribution is 6.02. The van der Waals surface area contributed by atoms with Crippen molar-refractivity contribution in [3.05, 3.63) is 47.5 Å². The number of carbonyl (C=O) groups excluding carboxylic acids is 1. The number of benzene rings is 2. The minimum absolute atomic E-state index is 0.0175. The van der Waals surface area contributed by atoms with Crippen LogP contribution in [-0.2, 0) is 0 Å². The van der Waals surface area contributed by atoms with Gasteiger partial charge in [0.2, 0.25) is 0 Å². The summed E-state index contributed by atoms with van der Waals surface area (Å²) in [5, 5.41) is 12.2. The third-order valence-electron chi connectivity index (χ3n) is 3.33. The standard InChI is InChI=1S/C14H13NO2/c1-15-8-12(16)13-10-5-3-2-4-9(10)6-7-11(13)14(15)17/h2-7,12,16H,8H2,1H3. The molecule has 1 heterocycles. The van der Waals surface area contributed by atoms with E-state index in [-0.39, 0.29) is 5.91 Å². The quantitative estimate of drug-likeness (QED) is 0.747. The largest absolute Gasteiger partial charge is 0.387 e. The second kappa shape index (κ2) is 3.57. The number of β-amino-alcohol motifs (C(OH)–C–C–N with tert-alkyl or cyclic N) is 1. The molecule has 1 atom stereocenters. The number of carbonyl (C=O) groups is 1. The Hall–Kier alpha value is -1.87. The second-order valence-electron chi connectivity index (χ2n) is 4.45. The number of likely N-dealkylation sites (N-methyl/N-ethyl adjacent to an activating group) is 1. The molecule has 17 heavy (non-hydrogen) atoms. The van der Waals surface area contributed by atoms with Gasteiger partial charge in [-0.05, 0) is 16.8 Å². The predicted molar refractivity (Wildman–Crippen MR) is 65.9 cm³/mol. The Morgan fingerprint density at radius 3 is 2.82 bits per heavy atom. The summed E-state index contributed by atoms with van der Waals surface area (Å²) in [7, 11) is 1.71. The molecule has 0 saturated heterocycles. The maximum Gasteiger partial charge on any atom is 0.254 e. The number of amides is 1. The van der Waals surface area contributed by atoms with E-state index in [9.17, 15) is 9.90 Å². The van der Waals surface area contributed by atoms with Gasteiger partial charge < -0.3 is 10.0 Å². The van der Waals surface area contributed by atoms with Crippen LogP contribution < -0.4 is 0 Å². The van der Waals surface area contributed by atoms with Crippen LogP contribution in [0.5, 0.6) is 0 Å². The second-order valence-corrected chi connectivity index (χ2v) is 4.45. The topological polar surface area (TPSA) is 40.5 Å². The molecule has 1 amide bonds. The Morgan fingerprint density at radius 1 is 1.24 bits per heavy atom. The molecule has 0 radical (unpaired) electrons. The Morgan fingerprint density at radius 2 is 2.00 bits per heavy atom. The summed E-state index contributed by atoms with van der Waals surface area (Å²) in [5.41, 5.74) is 1.39. The zero-order chi connectivity index (χ0) is 12.0. The SMILES string of the molecule is CN1CC(O)c2c(ccc3ccccc23)C1=O. The summed E-state index contributed by atoms with van der Waals surface area (Å²) in [6.45, 7) is 0.361. The average Bonchev–Trinajstić information content (AvgIpc) is 2.35. The van der Waals surface area contributed by atoms with Crippen LogP contribution in [0.1, 0.15) is 22.0 Å². The van der Waals surface area contributed by atoms with Crippen LogP contribution in [-0.4, -0.2) is 29.5 Å². The maximum absolute atomic E-state index is 12.0. The van der Waals surface area contributed by atoms with Crippen molar-refractivity contribution >= 4 is 16.7 Å². The van der Waals surface area contributed by atoms with Crippen LogP contribution in [0, 0.1) is 0 Å². The molecule has 3 heteroatoms. The molecular formula is C14H13NO2. The summed E-state index contributed by atoms with van der Waals surface area (Å²) in [5.74, 6) is -0.0175. The number of hydrogen-bond donors (Lipinski definition) is 1. The lowest BCUT2D eigenvalue weighted by atomic mass is 9.91. The lowest BCUT2D eigenvalue weighted by Gasteiger charge is -2.29. The van der Waals surface area contributed by atoms with Crippen molar-refractivity contribution in [2.75, 3.05) is 13.6 Å². The van der Waals surface area contributed by atoms with Gasteiger partial charge in [0, 0.05) is 18.2 Å². The number of aliphatic hydroxyl groups excluding tert-OH is 1. The minimum Gasteiger partial charge on any atom is -0.387 e. The summed E-state index contributed by atoms with van der Waals surface area (Å²) in [6, 6.07) is 11.6. The minimum atomic E-state index is -0.598. The van der Waals surface area contributed by atoms with Gasteiger partial charge in [0.25, 0.3) is 5.91 Å². The molecule has 0 aliphatic carbocycles. The van der Waals surface area contributed by atoms with E-state index in [2.05, 4.69) is 0 Å². The molecule has 0 saturated carbocycles. The maximum atomic E-state index is 12.0. The fraction of sp³-hybridized carbons (Fsp3) is 0.214. The van der Waals surface area contributed by atoms with Gasteiger partial charge in [-0.25, -0.2) is 0 Å². The third kappa shape index (κ3) is 1.43. The zero-order valence-corrected chi connectivity index (χ0v) is 9.55. The van der Waals surface area contributed by atoms with E-state index >= 15 is 0 Å². The molecule has 3 rings (SSSR count). The molecule has 3 nitrogen and oxygen atoms in total. The third-order valence-corrected chi connectivity index (χ3v) is 3.33. The van der Waals surface area contributed by atoms with Crippen molar-refractivity contribution in [3.8, 4) is 0 Å². The van der Waals surface area contributed by atoms with E-state index in [0.717, 1.165) is 16.3 Å². The lowest BCUT2D eigenvalue weighted by molar-refractivity contribution is 0.0619. The van der Waals surface area contributed by atoms with Gasteiger partial charge in [-0.2, -0.15) is 0 Å². The molecule has 1 N–H and O–H groups in total.